The quantitative estimate of drug-likeness (QED) is 0.766. The van der Waals surface area contributed by atoms with E-state index in [1.54, 1.807) is 19.5 Å². The van der Waals surface area contributed by atoms with Gasteiger partial charge in [0.05, 0.1) is 12.7 Å². The van der Waals surface area contributed by atoms with Crippen molar-refractivity contribution in [2.24, 2.45) is 5.92 Å². The Kier molecular flexibility index (Phi) is 5.31. The van der Waals surface area contributed by atoms with Crippen molar-refractivity contribution in [2.45, 2.75) is 6.42 Å². The lowest BCUT2D eigenvalue weighted by Crippen LogP contribution is -2.16. The summed E-state index contributed by atoms with van der Waals surface area (Å²) >= 11 is 0. The van der Waals surface area contributed by atoms with Crippen LogP contribution < -0.4 is 10.1 Å². The van der Waals surface area contributed by atoms with E-state index in [1.165, 1.54) is 0 Å². The number of allylic oxidation sites excluding steroid dienone is 1. The van der Waals surface area contributed by atoms with Crippen LogP contribution in [0.15, 0.2) is 24.7 Å². The summed E-state index contributed by atoms with van der Waals surface area (Å²) in [4.78, 5) is 7.99. The highest BCUT2D eigenvalue weighted by Crippen LogP contribution is 2.07. The third kappa shape index (κ3) is 3.97. The molecule has 5 heteroatoms. The van der Waals surface area contributed by atoms with Crippen LogP contribution in [-0.2, 0) is 0 Å². The zero-order chi connectivity index (χ0) is 11.2. The number of hydrogen-bond donors (Lipinski definition) is 1. The Morgan fingerprint density at radius 3 is 2.76 bits per heavy atom. The minimum absolute atomic E-state index is 0. The van der Waals surface area contributed by atoms with E-state index in [4.69, 9.17) is 4.74 Å². The molecule has 4 nitrogen and oxygen atoms in total. The lowest BCUT2D eigenvalue weighted by molar-refractivity contribution is 0.379. The van der Waals surface area contributed by atoms with Gasteiger partial charge >= 0.3 is 6.01 Å². The van der Waals surface area contributed by atoms with Crippen LogP contribution >= 0.6 is 12.4 Å². The Bertz CT molecular complexity index is 433. The molecule has 1 aromatic rings. The number of methoxy groups -OCH3 is 1. The summed E-state index contributed by atoms with van der Waals surface area (Å²) in [6.07, 6.45) is 8.40. The average molecular weight is 252 g/mol. The SMILES string of the molecule is COc1ncc(C#CC2C=CNCC2)cn1.Cl. The molecule has 1 atom stereocenters. The Balaban J connectivity index is 0.00000144. The fourth-order valence-corrected chi connectivity index (χ4v) is 1.39. The van der Waals surface area contributed by atoms with E-state index in [9.17, 15) is 0 Å². The summed E-state index contributed by atoms with van der Waals surface area (Å²) in [6, 6.07) is 0.368. The van der Waals surface area contributed by atoms with E-state index in [0.717, 1.165) is 18.5 Å². The fraction of sp³-hybridized carbons (Fsp3) is 0.333. The van der Waals surface area contributed by atoms with Crippen molar-refractivity contribution in [1.82, 2.24) is 15.3 Å². The zero-order valence-electron chi connectivity index (χ0n) is 9.51. The first-order chi connectivity index (χ1) is 7.88. The highest BCUT2D eigenvalue weighted by atomic mass is 35.5. The van der Waals surface area contributed by atoms with E-state index in [1.807, 2.05) is 6.20 Å². The van der Waals surface area contributed by atoms with E-state index < -0.39 is 0 Å². The number of nitrogens with zero attached hydrogens (tertiary/aromatic N) is 2. The molecule has 2 rings (SSSR count). The number of rotatable bonds is 1. The van der Waals surface area contributed by atoms with Crippen LogP contribution in [0.1, 0.15) is 12.0 Å². The maximum absolute atomic E-state index is 4.87. The average Bonchev–Trinajstić information content (AvgIpc) is 2.38. The Morgan fingerprint density at radius 2 is 2.18 bits per heavy atom. The first-order valence-electron chi connectivity index (χ1n) is 5.16. The summed E-state index contributed by atoms with van der Waals surface area (Å²) in [7, 11) is 1.54. The van der Waals surface area contributed by atoms with Crippen molar-refractivity contribution >= 4 is 12.4 Å². The third-order valence-corrected chi connectivity index (χ3v) is 2.26. The van der Waals surface area contributed by atoms with Gasteiger partial charge in [-0.3, -0.25) is 0 Å². The molecule has 1 unspecified atom stereocenters. The van der Waals surface area contributed by atoms with Crippen LogP contribution in [0.2, 0.25) is 0 Å². The second-order valence-corrected chi connectivity index (χ2v) is 3.44. The second kappa shape index (κ2) is 6.77. The van der Waals surface area contributed by atoms with Gasteiger partial charge in [0.15, 0.2) is 0 Å². The highest BCUT2D eigenvalue weighted by molar-refractivity contribution is 5.85. The highest BCUT2D eigenvalue weighted by Gasteiger charge is 2.03. The van der Waals surface area contributed by atoms with Crippen molar-refractivity contribution in [1.29, 1.82) is 0 Å². The minimum atomic E-state index is 0. The predicted octanol–water partition coefficient (Wildman–Crippen LogP) is 1.38. The molecular formula is C12H14ClN3O. The van der Waals surface area contributed by atoms with Gasteiger partial charge in [-0.05, 0) is 12.6 Å². The summed E-state index contributed by atoms with van der Waals surface area (Å²) in [5.74, 6) is 6.56. The Hall–Kier alpha value is -1.73. The smallest absolute Gasteiger partial charge is 0.316 e. The summed E-state index contributed by atoms with van der Waals surface area (Å²) in [5.41, 5.74) is 0.813. The van der Waals surface area contributed by atoms with Gasteiger partial charge in [0, 0.05) is 24.9 Å². The molecule has 0 saturated carbocycles. The molecular weight excluding hydrogens is 238 g/mol. The predicted molar refractivity (Wildman–Crippen MR) is 68.0 cm³/mol. The van der Waals surface area contributed by atoms with Crippen LogP contribution in [0, 0.1) is 17.8 Å². The van der Waals surface area contributed by atoms with Crippen molar-refractivity contribution in [2.75, 3.05) is 13.7 Å². The van der Waals surface area contributed by atoms with Gasteiger partial charge < -0.3 is 10.1 Å². The molecule has 0 amide bonds. The fourth-order valence-electron chi connectivity index (χ4n) is 1.39. The van der Waals surface area contributed by atoms with Crippen molar-refractivity contribution < 1.29 is 4.74 Å². The molecule has 0 aliphatic carbocycles. The van der Waals surface area contributed by atoms with Crippen molar-refractivity contribution in [3.05, 3.63) is 30.2 Å². The standard InChI is InChI=1S/C12H13N3O.ClH/c1-16-12-14-8-11(9-15-12)3-2-10-4-6-13-7-5-10;/h4,6,8-10,13H,5,7H2,1H3;1H. The first kappa shape index (κ1) is 13.3. The lowest BCUT2D eigenvalue weighted by atomic mass is 10.0. The van der Waals surface area contributed by atoms with Gasteiger partial charge in [-0.25, -0.2) is 9.97 Å². The Morgan fingerprint density at radius 1 is 1.41 bits per heavy atom. The second-order valence-electron chi connectivity index (χ2n) is 3.44. The van der Waals surface area contributed by atoms with E-state index in [2.05, 4.69) is 33.2 Å². The molecule has 1 N–H and O–H groups in total. The number of nitrogens with one attached hydrogen (secondary N) is 1. The van der Waals surface area contributed by atoms with E-state index >= 15 is 0 Å². The summed E-state index contributed by atoms with van der Waals surface area (Å²) in [5, 5.41) is 3.14. The molecule has 0 saturated heterocycles. The number of halogens is 1. The number of ether oxygens (including phenoxy) is 1. The largest absolute Gasteiger partial charge is 0.467 e. The molecule has 1 aliphatic heterocycles. The van der Waals surface area contributed by atoms with Crippen LogP contribution in [-0.4, -0.2) is 23.6 Å². The number of hydrogen-bond acceptors (Lipinski definition) is 4. The van der Waals surface area contributed by atoms with E-state index in [-0.39, 0.29) is 12.4 Å². The van der Waals surface area contributed by atoms with Gasteiger partial charge in [0.2, 0.25) is 0 Å². The van der Waals surface area contributed by atoms with Gasteiger partial charge in [-0.15, -0.1) is 12.4 Å². The zero-order valence-corrected chi connectivity index (χ0v) is 10.3. The molecule has 1 aliphatic rings. The molecule has 0 radical (unpaired) electrons. The maximum Gasteiger partial charge on any atom is 0.316 e. The first-order valence-corrected chi connectivity index (χ1v) is 5.16. The normalized spacial score (nSPS) is 17.1. The van der Waals surface area contributed by atoms with Gasteiger partial charge in [0.25, 0.3) is 0 Å². The van der Waals surface area contributed by atoms with Crippen LogP contribution in [0.25, 0.3) is 0 Å². The molecule has 1 aromatic heterocycles. The van der Waals surface area contributed by atoms with Gasteiger partial charge in [-0.1, -0.05) is 17.9 Å². The molecule has 17 heavy (non-hydrogen) atoms. The lowest BCUT2D eigenvalue weighted by Gasteiger charge is -2.10. The summed E-state index contributed by atoms with van der Waals surface area (Å²) in [6.45, 7) is 0.981. The molecule has 0 fully saturated rings. The molecule has 90 valence electrons. The van der Waals surface area contributed by atoms with E-state index in [0.29, 0.717) is 11.9 Å². The number of aromatic nitrogens is 2. The van der Waals surface area contributed by atoms with Gasteiger partial charge in [-0.2, -0.15) is 0 Å². The molecule has 0 bridgehead atoms. The minimum Gasteiger partial charge on any atom is -0.467 e. The summed E-state index contributed by atoms with van der Waals surface area (Å²) < 4.78 is 4.87. The van der Waals surface area contributed by atoms with Crippen LogP contribution in [0.3, 0.4) is 0 Å². The van der Waals surface area contributed by atoms with Crippen LogP contribution in [0.5, 0.6) is 6.01 Å². The monoisotopic (exact) mass is 251 g/mol. The molecule has 0 aromatic carbocycles. The maximum atomic E-state index is 4.87. The van der Waals surface area contributed by atoms with Gasteiger partial charge in [0.1, 0.15) is 0 Å². The Labute approximate surface area is 107 Å². The van der Waals surface area contributed by atoms with Crippen molar-refractivity contribution in [3.63, 3.8) is 0 Å². The molecule has 2 heterocycles. The third-order valence-electron chi connectivity index (χ3n) is 2.26. The topological polar surface area (TPSA) is 47.0 Å². The van der Waals surface area contributed by atoms with Crippen LogP contribution in [0.4, 0.5) is 0 Å². The van der Waals surface area contributed by atoms with Crippen molar-refractivity contribution in [3.8, 4) is 17.9 Å². The molecule has 0 spiro atoms.